The fraction of sp³-hybridized carbons (Fsp3) is 0.778. The van der Waals surface area contributed by atoms with Gasteiger partial charge in [0.25, 0.3) is 0 Å². The van der Waals surface area contributed by atoms with Gasteiger partial charge in [-0.05, 0) is 12.8 Å². The minimum atomic E-state index is -0.437. The number of urea groups is 1. The molecule has 5 heteroatoms. The molecule has 1 radical (unpaired) electrons. The van der Waals surface area contributed by atoms with E-state index >= 15 is 0 Å². The highest BCUT2D eigenvalue weighted by Gasteiger charge is 2.18. The number of carbonyl (C=O) groups is 1. The van der Waals surface area contributed by atoms with E-state index in [4.69, 9.17) is 11.7 Å². The summed E-state index contributed by atoms with van der Waals surface area (Å²) in [5, 5.41) is 1.18. The van der Waals surface area contributed by atoms with E-state index in [0.29, 0.717) is 0 Å². The van der Waals surface area contributed by atoms with E-state index in [9.17, 15) is 4.79 Å². The molecular weight excluding hydrogens is 180 g/mol. The van der Waals surface area contributed by atoms with Crippen molar-refractivity contribution in [2.75, 3.05) is 0 Å². The number of nitrogens with one attached hydrogen (secondary N) is 1. The molecule has 0 aromatic carbocycles. The van der Waals surface area contributed by atoms with Crippen LogP contribution in [0.4, 0.5) is 4.79 Å². The lowest BCUT2D eigenvalue weighted by molar-refractivity contribution is 0.166. The van der Waals surface area contributed by atoms with Crippen LogP contribution in [0, 0.1) is 6.92 Å². The van der Waals surface area contributed by atoms with Crippen LogP contribution >= 0.6 is 0 Å². The minimum Gasteiger partial charge on any atom is -0.275 e. The van der Waals surface area contributed by atoms with Crippen LogP contribution in [-0.4, -0.2) is 17.1 Å². The van der Waals surface area contributed by atoms with Gasteiger partial charge in [0.1, 0.15) is 0 Å². The second-order valence-electron chi connectivity index (χ2n) is 3.30. The molecule has 0 aliphatic carbocycles. The van der Waals surface area contributed by atoms with Gasteiger partial charge in [-0.15, -0.1) is 0 Å². The smallest absolute Gasteiger partial charge is 0.275 e. The van der Waals surface area contributed by atoms with Gasteiger partial charge in [-0.1, -0.05) is 33.1 Å². The van der Waals surface area contributed by atoms with Gasteiger partial charge in [0, 0.05) is 6.04 Å². The normalized spacial score (nSPS) is 12.3. The van der Waals surface area contributed by atoms with Crippen LogP contribution in [0.15, 0.2) is 0 Å². The maximum atomic E-state index is 11.1. The first-order valence-electron chi connectivity index (χ1n) is 5.01. The molecule has 5 nitrogen and oxygen atoms in total. The van der Waals surface area contributed by atoms with Gasteiger partial charge in [-0.2, -0.15) is 0 Å². The average Bonchev–Trinajstić information content (AvgIpc) is 2.22. The zero-order chi connectivity index (χ0) is 11.0. The van der Waals surface area contributed by atoms with Gasteiger partial charge in [0.05, 0.1) is 0 Å². The summed E-state index contributed by atoms with van der Waals surface area (Å²) >= 11 is 0. The number of nitrogens with zero attached hydrogens (tertiary/aromatic N) is 1. The summed E-state index contributed by atoms with van der Waals surface area (Å²) < 4.78 is 0. The Morgan fingerprint density at radius 3 is 2.64 bits per heavy atom. The van der Waals surface area contributed by atoms with Crippen molar-refractivity contribution in [2.24, 2.45) is 11.7 Å². The number of hydrazine groups is 2. The molecule has 0 heterocycles. The Labute approximate surface area is 85.8 Å². The highest BCUT2D eigenvalue weighted by molar-refractivity contribution is 5.73. The lowest BCUT2D eigenvalue weighted by atomic mass is 10.1. The molecule has 1 unspecified atom stereocenters. The summed E-state index contributed by atoms with van der Waals surface area (Å²) in [4.78, 5) is 11.1. The molecule has 0 aliphatic rings. The van der Waals surface area contributed by atoms with Crippen molar-refractivity contribution in [3.05, 3.63) is 6.92 Å². The zero-order valence-corrected chi connectivity index (χ0v) is 8.83. The first-order chi connectivity index (χ1) is 6.67. The number of hydrogen-bond donors (Lipinski definition) is 3. The summed E-state index contributed by atoms with van der Waals surface area (Å²) in [7, 11) is 0. The molecule has 0 rings (SSSR count). The molecule has 0 bridgehead atoms. The molecule has 1 atom stereocenters. The van der Waals surface area contributed by atoms with Crippen LogP contribution in [0.25, 0.3) is 0 Å². The summed E-state index contributed by atoms with van der Waals surface area (Å²) in [5.41, 5.74) is 2.03. The minimum absolute atomic E-state index is 0.0605. The van der Waals surface area contributed by atoms with Gasteiger partial charge in [0.15, 0.2) is 0 Å². The number of hydrogen-bond acceptors (Lipinski definition) is 3. The van der Waals surface area contributed by atoms with Gasteiger partial charge < -0.3 is 0 Å². The standard InChI is InChI=1S/C9H21N4O/c1-3-5-7-8(6-4-2)13(11)9(14)12-10/h8H,1,3-7,10-11H2,2H3,(H,12,14). The topological polar surface area (TPSA) is 84.4 Å². The van der Waals surface area contributed by atoms with Crippen molar-refractivity contribution < 1.29 is 4.79 Å². The van der Waals surface area contributed by atoms with Crippen molar-refractivity contribution in [2.45, 2.75) is 45.1 Å². The van der Waals surface area contributed by atoms with Crippen LogP contribution in [-0.2, 0) is 0 Å². The molecule has 83 valence electrons. The molecule has 0 aromatic heterocycles. The van der Waals surface area contributed by atoms with E-state index in [2.05, 4.69) is 13.8 Å². The number of nitrogens with two attached hydrogens (primary N) is 2. The van der Waals surface area contributed by atoms with Gasteiger partial charge in [-0.3, -0.25) is 10.4 Å². The monoisotopic (exact) mass is 201 g/mol. The number of unbranched alkanes of at least 4 members (excludes halogenated alkanes) is 1. The molecular formula is C9H21N4O. The molecule has 0 aromatic rings. The van der Waals surface area contributed by atoms with Crippen molar-refractivity contribution in [1.29, 1.82) is 0 Å². The predicted octanol–water partition coefficient (Wildman–Crippen LogP) is 0.918. The third-order valence-corrected chi connectivity index (χ3v) is 2.16. The fourth-order valence-corrected chi connectivity index (χ4v) is 1.38. The van der Waals surface area contributed by atoms with Crippen molar-refractivity contribution >= 4 is 6.03 Å². The van der Waals surface area contributed by atoms with Crippen molar-refractivity contribution in [3.63, 3.8) is 0 Å². The second-order valence-corrected chi connectivity index (χ2v) is 3.30. The molecule has 0 saturated carbocycles. The molecule has 2 amide bonds. The number of amides is 2. The van der Waals surface area contributed by atoms with Crippen LogP contribution < -0.4 is 17.1 Å². The maximum absolute atomic E-state index is 11.1. The Morgan fingerprint density at radius 2 is 2.21 bits per heavy atom. The zero-order valence-electron chi connectivity index (χ0n) is 8.83. The number of carbonyl (C=O) groups excluding carboxylic acids is 1. The first kappa shape index (κ1) is 13.2. The van der Waals surface area contributed by atoms with Crippen molar-refractivity contribution in [1.82, 2.24) is 10.4 Å². The Balaban J connectivity index is 4.09. The second kappa shape index (κ2) is 7.58. The van der Waals surface area contributed by atoms with Crippen LogP contribution in [0.2, 0.25) is 0 Å². The Morgan fingerprint density at radius 1 is 1.57 bits per heavy atom. The van der Waals surface area contributed by atoms with Crippen molar-refractivity contribution in [3.8, 4) is 0 Å². The van der Waals surface area contributed by atoms with E-state index in [1.807, 2.05) is 5.43 Å². The summed E-state index contributed by atoms with van der Waals surface area (Å²) in [5.74, 6) is 10.6. The SMILES string of the molecule is [CH2]CCCC(CCC)N(N)C(=O)NN. The van der Waals surface area contributed by atoms with E-state index in [1.165, 1.54) is 5.01 Å². The molecule has 0 saturated heterocycles. The Bertz CT molecular complexity index is 163. The van der Waals surface area contributed by atoms with Gasteiger partial charge >= 0.3 is 6.03 Å². The van der Waals surface area contributed by atoms with Gasteiger partial charge in [-0.25, -0.2) is 16.5 Å². The lowest BCUT2D eigenvalue weighted by Gasteiger charge is -2.26. The molecule has 5 N–H and O–H groups in total. The van der Waals surface area contributed by atoms with Crippen LogP contribution in [0.3, 0.4) is 0 Å². The largest absolute Gasteiger partial charge is 0.345 e. The molecule has 0 spiro atoms. The fourth-order valence-electron chi connectivity index (χ4n) is 1.38. The van der Waals surface area contributed by atoms with Crippen LogP contribution in [0.5, 0.6) is 0 Å². The van der Waals surface area contributed by atoms with E-state index in [1.54, 1.807) is 0 Å². The maximum Gasteiger partial charge on any atom is 0.345 e. The molecule has 14 heavy (non-hydrogen) atoms. The summed E-state index contributed by atoms with van der Waals surface area (Å²) in [6.07, 6.45) is 4.59. The highest BCUT2D eigenvalue weighted by Crippen LogP contribution is 2.11. The third kappa shape index (κ3) is 4.43. The van der Waals surface area contributed by atoms with E-state index < -0.39 is 6.03 Å². The molecule has 0 aliphatic heterocycles. The average molecular weight is 201 g/mol. The predicted molar refractivity (Wildman–Crippen MR) is 56.6 cm³/mol. The molecule has 0 fully saturated rings. The lowest BCUT2D eigenvalue weighted by Crippen LogP contribution is -2.52. The highest BCUT2D eigenvalue weighted by atomic mass is 16.2. The summed E-state index contributed by atoms with van der Waals surface area (Å²) in [6, 6.07) is -0.377. The summed E-state index contributed by atoms with van der Waals surface area (Å²) in [6.45, 7) is 5.82. The van der Waals surface area contributed by atoms with Gasteiger partial charge in [0.2, 0.25) is 0 Å². The number of rotatable bonds is 6. The third-order valence-electron chi connectivity index (χ3n) is 2.16. The van der Waals surface area contributed by atoms with Crippen LogP contribution in [0.1, 0.15) is 39.0 Å². The quantitative estimate of drug-likeness (QED) is 0.339. The Hall–Kier alpha value is -0.810. The van der Waals surface area contributed by atoms with E-state index in [0.717, 1.165) is 32.1 Å². The Kier molecular flexibility index (Phi) is 7.14. The first-order valence-corrected chi connectivity index (χ1v) is 5.01. The van der Waals surface area contributed by atoms with E-state index in [-0.39, 0.29) is 6.04 Å².